The van der Waals surface area contributed by atoms with Gasteiger partial charge in [0.2, 0.25) is 0 Å². The number of aromatic nitrogens is 2. The normalized spacial score (nSPS) is 14.0. The molecule has 0 aliphatic carbocycles. The Morgan fingerprint density at radius 2 is 1.78 bits per heavy atom. The van der Waals surface area contributed by atoms with Crippen LogP contribution in [-0.2, 0) is 20.0 Å². The van der Waals surface area contributed by atoms with Crippen molar-refractivity contribution in [3.8, 4) is 17.2 Å². The lowest BCUT2D eigenvalue weighted by Gasteiger charge is -2.21. The van der Waals surface area contributed by atoms with Crippen LogP contribution in [0.15, 0.2) is 52.1 Å². The fourth-order valence-corrected chi connectivity index (χ4v) is 5.08. The Morgan fingerprint density at radius 1 is 1.08 bits per heavy atom. The molecule has 0 spiro atoms. The standard InChI is InChI=1S/C28H30N4O4/c1-15-19-13-28(3,4)36-24(19)20(16(2)23(15)33)14-30-22-25(29)32(27(35)31(5)26(22)34)21-12-8-10-17-9-6-7-11-18(17)21/h6-12,30,33H,13-14,29H2,1-5H3. The highest BCUT2D eigenvalue weighted by molar-refractivity contribution is 5.91. The average Bonchev–Trinajstić information content (AvgIpc) is 3.18. The molecule has 3 aromatic carbocycles. The van der Waals surface area contributed by atoms with Crippen LogP contribution >= 0.6 is 0 Å². The van der Waals surface area contributed by atoms with Crippen molar-refractivity contribution < 1.29 is 9.84 Å². The molecular formula is C28H30N4O4. The number of hydrogen-bond donors (Lipinski definition) is 3. The number of benzene rings is 3. The molecule has 2 heterocycles. The van der Waals surface area contributed by atoms with Crippen LogP contribution < -0.4 is 27.0 Å². The summed E-state index contributed by atoms with van der Waals surface area (Å²) in [6.45, 7) is 7.91. The number of hydrogen-bond acceptors (Lipinski definition) is 6. The molecule has 1 aromatic heterocycles. The molecule has 0 saturated heterocycles. The van der Waals surface area contributed by atoms with E-state index in [0.29, 0.717) is 17.7 Å². The fourth-order valence-electron chi connectivity index (χ4n) is 5.08. The first kappa shape index (κ1) is 23.5. The van der Waals surface area contributed by atoms with Crippen molar-refractivity contribution in [1.82, 2.24) is 9.13 Å². The van der Waals surface area contributed by atoms with E-state index in [1.165, 1.54) is 11.6 Å². The van der Waals surface area contributed by atoms with Gasteiger partial charge in [0.25, 0.3) is 5.56 Å². The Hall–Kier alpha value is -4.20. The quantitative estimate of drug-likeness (QED) is 0.403. The zero-order valence-electron chi connectivity index (χ0n) is 21.1. The number of phenolic OH excluding ortho intramolecular Hbond substituents is 1. The number of nitrogens with two attached hydrogens (primary N) is 1. The van der Waals surface area contributed by atoms with E-state index in [0.717, 1.165) is 37.8 Å². The minimum absolute atomic E-state index is 0.0198. The van der Waals surface area contributed by atoms with E-state index in [1.54, 1.807) is 6.07 Å². The van der Waals surface area contributed by atoms with Crippen molar-refractivity contribution in [3.63, 3.8) is 0 Å². The summed E-state index contributed by atoms with van der Waals surface area (Å²) in [6.07, 6.45) is 0.671. The molecule has 0 saturated carbocycles. The SMILES string of the molecule is Cc1c(O)c(C)c2c(c1CNc1c(N)n(-c3cccc4ccccc34)c(=O)n(C)c1=O)OC(C)(C)C2. The van der Waals surface area contributed by atoms with Crippen molar-refractivity contribution in [3.05, 3.63) is 85.6 Å². The van der Waals surface area contributed by atoms with E-state index in [9.17, 15) is 14.7 Å². The minimum atomic E-state index is -0.533. The van der Waals surface area contributed by atoms with Gasteiger partial charge in [-0.3, -0.25) is 9.36 Å². The van der Waals surface area contributed by atoms with Crippen molar-refractivity contribution in [2.24, 2.45) is 7.05 Å². The van der Waals surface area contributed by atoms with Crippen molar-refractivity contribution in [1.29, 1.82) is 0 Å². The Kier molecular flexibility index (Phi) is 5.35. The third kappa shape index (κ3) is 3.52. The number of ether oxygens (including phenoxy) is 1. The van der Waals surface area contributed by atoms with E-state index in [1.807, 2.05) is 64.1 Å². The third-order valence-corrected chi connectivity index (χ3v) is 7.09. The first-order valence-corrected chi connectivity index (χ1v) is 11.9. The molecule has 0 bridgehead atoms. The Morgan fingerprint density at radius 3 is 2.53 bits per heavy atom. The van der Waals surface area contributed by atoms with Crippen LogP contribution in [0, 0.1) is 13.8 Å². The summed E-state index contributed by atoms with van der Waals surface area (Å²) < 4.78 is 8.66. The molecule has 36 heavy (non-hydrogen) atoms. The summed E-state index contributed by atoms with van der Waals surface area (Å²) >= 11 is 0. The predicted octanol–water partition coefficient (Wildman–Crippen LogP) is 3.92. The molecule has 4 N–H and O–H groups in total. The van der Waals surface area contributed by atoms with E-state index in [4.69, 9.17) is 10.5 Å². The monoisotopic (exact) mass is 486 g/mol. The van der Waals surface area contributed by atoms with Gasteiger partial charge in [0, 0.05) is 36.5 Å². The molecule has 0 fully saturated rings. The second kappa shape index (κ2) is 8.19. The van der Waals surface area contributed by atoms with Crippen LogP contribution in [0.5, 0.6) is 11.5 Å². The second-order valence-corrected chi connectivity index (χ2v) is 10.0. The Bertz CT molecular complexity index is 1660. The highest BCUT2D eigenvalue weighted by Crippen LogP contribution is 2.45. The molecule has 0 radical (unpaired) electrons. The van der Waals surface area contributed by atoms with Gasteiger partial charge in [-0.2, -0.15) is 0 Å². The molecule has 0 amide bonds. The average molecular weight is 487 g/mol. The highest BCUT2D eigenvalue weighted by atomic mass is 16.5. The number of nitrogens with one attached hydrogen (secondary N) is 1. The van der Waals surface area contributed by atoms with Gasteiger partial charge >= 0.3 is 5.69 Å². The number of phenols is 1. The minimum Gasteiger partial charge on any atom is -0.507 e. The zero-order valence-corrected chi connectivity index (χ0v) is 21.1. The van der Waals surface area contributed by atoms with Crippen LogP contribution in [0.1, 0.15) is 36.1 Å². The smallest absolute Gasteiger partial charge is 0.337 e. The van der Waals surface area contributed by atoms with Crippen LogP contribution in [0.2, 0.25) is 0 Å². The van der Waals surface area contributed by atoms with E-state index < -0.39 is 16.9 Å². The summed E-state index contributed by atoms with van der Waals surface area (Å²) in [5.74, 6) is 0.956. The summed E-state index contributed by atoms with van der Waals surface area (Å²) in [5, 5.41) is 15.7. The summed E-state index contributed by atoms with van der Waals surface area (Å²) in [4.78, 5) is 26.4. The lowest BCUT2D eigenvalue weighted by atomic mass is 9.93. The second-order valence-electron chi connectivity index (χ2n) is 10.0. The van der Waals surface area contributed by atoms with Gasteiger partial charge in [0.15, 0.2) is 0 Å². The van der Waals surface area contributed by atoms with Crippen LogP contribution in [0.25, 0.3) is 16.5 Å². The summed E-state index contributed by atoms with van der Waals surface area (Å²) in [6, 6.07) is 13.3. The molecule has 4 aromatic rings. The van der Waals surface area contributed by atoms with Gasteiger partial charge in [0.05, 0.1) is 5.69 Å². The maximum atomic E-state index is 13.2. The number of fused-ring (bicyclic) bond motifs is 2. The number of nitrogens with zero attached hydrogens (tertiary/aromatic N) is 2. The Labute approximate surface area is 208 Å². The lowest BCUT2D eigenvalue weighted by molar-refractivity contribution is 0.137. The number of nitrogen functional groups attached to an aromatic ring is 1. The molecule has 8 nitrogen and oxygen atoms in total. The number of anilines is 2. The van der Waals surface area contributed by atoms with Gasteiger partial charge in [-0.25, -0.2) is 9.36 Å². The molecule has 1 aliphatic heterocycles. The van der Waals surface area contributed by atoms with Crippen molar-refractivity contribution >= 4 is 22.3 Å². The maximum Gasteiger partial charge on any atom is 0.337 e. The molecule has 186 valence electrons. The molecule has 8 heteroatoms. The highest BCUT2D eigenvalue weighted by Gasteiger charge is 2.35. The van der Waals surface area contributed by atoms with E-state index in [-0.39, 0.29) is 23.8 Å². The first-order chi connectivity index (χ1) is 17.0. The van der Waals surface area contributed by atoms with E-state index >= 15 is 0 Å². The Balaban J connectivity index is 1.64. The van der Waals surface area contributed by atoms with Gasteiger partial charge in [-0.1, -0.05) is 36.4 Å². The zero-order chi connectivity index (χ0) is 25.9. The third-order valence-electron chi connectivity index (χ3n) is 7.09. The summed E-state index contributed by atoms with van der Waals surface area (Å²) in [5.41, 5.74) is 8.92. The van der Waals surface area contributed by atoms with Crippen LogP contribution in [0.3, 0.4) is 0 Å². The molecule has 0 atom stereocenters. The maximum absolute atomic E-state index is 13.2. The summed E-state index contributed by atoms with van der Waals surface area (Å²) in [7, 11) is 1.43. The van der Waals surface area contributed by atoms with Crippen molar-refractivity contribution in [2.75, 3.05) is 11.1 Å². The topological polar surface area (TPSA) is 112 Å². The molecule has 1 aliphatic rings. The van der Waals surface area contributed by atoms with E-state index in [2.05, 4.69) is 5.32 Å². The fraction of sp³-hybridized carbons (Fsp3) is 0.286. The van der Waals surface area contributed by atoms with Gasteiger partial charge in [0.1, 0.15) is 28.6 Å². The predicted molar refractivity (Wildman–Crippen MR) is 143 cm³/mol. The number of rotatable bonds is 4. The first-order valence-electron chi connectivity index (χ1n) is 11.9. The van der Waals surface area contributed by atoms with Crippen LogP contribution in [-0.4, -0.2) is 19.8 Å². The van der Waals surface area contributed by atoms with Crippen LogP contribution in [0.4, 0.5) is 11.5 Å². The molecule has 5 rings (SSSR count). The lowest BCUT2D eigenvalue weighted by Crippen LogP contribution is -2.40. The largest absolute Gasteiger partial charge is 0.507 e. The van der Waals surface area contributed by atoms with Gasteiger partial charge in [-0.05, 0) is 50.3 Å². The van der Waals surface area contributed by atoms with Gasteiger partial charge < -0.3 is 20.9 Å². The molecule has 0 unspecified atom stereocenters. The molecular weight excluding hydrogens is 456 g/mol. The van der Waals surface area contributed by atoms with Gasteiger partial charge in [-0.15, -0.1) is 0 Å². The number of aromatic hydroxyl groups is 1. The van der Waals surface area contributed by atoms with Crippen molar-refractivity contribution in [2.45, 2.75) is 46.3 Å².